The summed E-state index contributed by atoms with van der Waals surface area (Å²) >= 11 is 5.95. The molecule has 1 atom stereocenters. The number of fused-ring (bicyclic) bond motifs is 1. The van der Waals surface area contributed by atoms with E-state index >= 15 is 0 Å². The van der Waals surface area contributed by atoms with Gasteiger partial charge < -0.3 is 15.4 Å². The van der Waals surface area contributed by atoms with Gasteiger partial charge in [0.15, 0.2) is 6.10 Å². The molecule has 0 fully saturated rings. The second kappa shape index (κ2) is 7.77. The number of carbonyl (C=O) groups is 1. The number of rotatable bonds is 3. The number of ether oxygens (including phenoxy) is 1. The summed E-state index contributed by atoms with van der Waals surface area (Å²) in [5, 5.41) is 0.582. The van der Waals surface area contributed by atoms with Crippen molar-refractivity contribution < 1.29 is 9.53 Å². The van der Waals surface area contributed by atoms with Crippen molar-refractivity contribution in [1.82, 2.24) is 0 Å². The summed E-state index contributed by atoms with van der Waals surface area (Å²) in [5.41, 5.74) is 8.71. The third-order valence-electron chi connectivity index (χ3n) is 4.01. The van der Waals surface area contributed by atoms with Gasteiger partial charge in [-0.05, 0) is 55.7 Å². The third-order valence-corrected chi connectivity index (χ3v) is 4.24. The van der Waals surface area contributed by atoms with Crippen molar-refractivity contribution >= 4 is 41.3 Å². The molecule has 1 amide bonds. The van der Waals surface area contributed by atoms with Crippen molar-refractivity contribution in [1.29, 1.82) is 0 Å². The summed E-state index contributed by atoms with van der Waals surface area (Å²) in [5.74, 6) is 0.514. The molecule has 3 rings (SSSR count). The largest absolute Gasteiger partial charge is 0.481 e. The molecular weight excluding hydrogens is 347 g/mol. The number of benzene rings is 2. The predicted octanol–water partition coefficient (Wildman–Crippen LogP) is 4.09. The maximum absolute atomic E-state index is 12.8. The van der Waals surface area contributed by atoms with Gasteiger partial charge in [0.2, 0.25) is 0 Å². The van der Waals surface area contributed by atoms with E-state index in [0.717, 1.165) is 29.8 Å². The van der Waals surface area contributed by atoms with Crippen LogP contribution in [0.1, 0.15) is 18.9 Å². The Balaban J connectivity index is 0.00000208. The number of nitrogens with zero attached hydrogens (tertiary/aromatic N) is 1. The third kappa shape index (κ3) is 3.77. The molecule has 2 aromatic rings. The first-order chi connectivity index (χ1) is 11.1. The van der Waals surface area contributed by atoms with E-state index in [0.29, 0.717) is 17.3 Å². The minimum absolute atomic E-state index is 0. The molecule has 128 valence electrons. The first kappa shape index (κ1) is 18.4. The average molecular weight is 367 g/mol. The number of hydrogen-bond donors (Lipinski definition) is 1. The summed E-state index contributed by atoms with van der Waals surface area (Å²) < 4.78 is 5.75. The Kier molecular flexibility index (Phi) is 5.97. The molecule has 1 heterocycles. The second-order valence-corrected chi connectivity index (χ2v) is 6.09. The van der Waals surface area contributed by atoms with Crippen LogP contribution in [-0.2, 0) is 11.2 Å². The molecule has 6 heteroatoms. The van der Waals surface area contributed by atoms with E-state index in [4.69, 9.17) is 22.1 Å². The summed E-state index contributed by atoms with van der Waals surface area (Å²) in [6.45, 7) is 2.43. The fourth-order valence-corrected chi connectivity index (χ4v) is 3.08. The molecule has 1 unspecified atom stereocenters. The number of hydrogen-bond acceptors (Lipinski definition) is 3. The highest BCUT2D eigenvalue weighted by Crippen LogP contribution is 2.32. The normalized spacial score (nSPS) is 14.3. The molecule has 0 spiro atoms. The van der Waals surface area contributed by atoms with Crippen LogP contribution in [-0.4, -0.2) is 18.6 Å². The lowest BCUT2D eigenvalue weighted by Gasteiger charge is -2.32. The van der Waals surface area contributed by atoms with Crippen LogP contribution in [0.5, 0.6) is 5.75 Å². The standard InChI is InChI=1S/C18H19ClN2O2.ClH/c1-12(23-14-6-2-5-13(19)11-14)18(22)21-10-4-7-15-16(20)8-3-9-17(15)21;/h2-3,5-6,8-9,11-12H,4,7,10,20H2,1H3;1H. The van der Waals surface area contributed by atoms with Gasteiger partial charge in [-0.3, -0.25) is 4.79 Å². The first-order valence-corrected chi connectivity index (χ1v) is 8.05. The minimum atomic E-state index is -0.596. The Bertz CT molecular complexity index is 737. The highest BCUT2D eigenvalue weighted by Gasteiger charge is 2.28. The van der Waals surface area contributed by atoms with Crippen LogP contribution in [0.2, 0.25) is 5.02 Å². The Morgan fingerprint density at radius 3 is 2.79 bits per heavy atom. The van der Waals surface area contributed by atoms with Crippen LogP contribution in [0.15, 0.2) is 42.5 Å². The molecule has 0 aliphatic carbocycles. The van der Waals surface area contributed by atoms with E-state index in [-0.39, 0.29) is 18.3 Å². The smallest absolute Gasteiger partial charge is 0.267 e. The van der Waals surface area contributed by atoms with E-state index < -0.39 is 6.10 Å². The van der Waals surface area contributed by atoms with Crippen LogP contribution in [0.3, 0.4) is 0 Å². The van der Waals surface area contributed by atoms with Crippen molar-refractivity contribution in [3.8, 4) is 5.75 Å². The van der Waals surface area contributed by atoms with Crippen molar-refractivity contribution in [2.45, 2.75) is 25.9 Å². The molecule has 0 saturated carbocycles. The van der Waals surface area contributed by atoms with Crippen LogP contribution in [0.4, 0.5) is 11.4 Å². The van der Waals surface area contributed by atoms with Crippen LogP contribution in [0.25, 0.3) is 0 Å². The predicted molar refractivity (Wildman–Crippen MR) is 100 cm³/mol. The van der Waals surface area contributed by atoms with Gasteiger partial charge >= 0.3 is 0 Å². The monoisotopic (exact) mass is 366 g/mol. The van der Waals surface area contributed by atoms with Gasteiger partial charge in [0.1, 0.15) is 5.75 Å². The molecular formula is C18H20Cl2N2O2. The number of carbonyl (C=O) groups excluding carboxylic acids is 1. The lowest BCUT2D eigenvalue weighted by atomic mass is 9.99. The summed E-state index contributed by atoms with van der Waals surface area (Å²) in [7, 11) is 0. The van der Waals surface area contributed by atoms with E-state index in [2.05, 4.69) is 0 Å². The lowest BCUT2D eigenvalue weighted by molar-refractivity contribution is -0.124. The van der Waals surface area contributed by atoms with E-state index in [9.17, 15) is 4.79 Å². The van der Waals surface area contributed by atoms with Gasteiger partial charge in [-0.25, -0.2) is 0 Å². The maximum atomic E-state index is 12.8. The molecule has 0 saturated heterocycles. The molecule has 1 aliphatic rings. The zero-order valence-corrected chi connectivity index (χ0v) is 14.9. The summed E-state index contributed by atoms with van der Waals surface area (Å²) in [6, 6.07) is 12.7. The number of nitrogens with two attached hydrogens (primary N) is 1. The topological polar surface area (TPSA) is 55.6 Å². The highest BCUT2D eigenvalue weighted by molar-refractivity contribution is 6.30. The summed E-state index contributed by atoms with van der Waals surface area (Å²) in [6.07, 6.45) is 1.20. The van der Waals surface area contributed by atoms with E-state index in [1.807, 2.05) is 18.2 Å². The van der Waals surface area contributed by atoms with Crippen LogP contribution in [0, 0.1) is 0 Å². The second-order valence-electron chi connectivity index (χ2n) is 5.66. The van der Waals surface area contributed by atoms with Gasteiger partial charge in [0.05, 0.1) is 0 Å². The zero-order valence-electron chi connectivity index (χ0n) is 13.4. The van der Waals surface area contributed by atoms with E-state index in [1.165, 1.54) is 0 Å². The van der Waals surface area contributed by atoms with Crippen molar-refractivity contribution in [2.75, 3.05) is 17.2 Å². The number of anilines is 2. The molecule has 0 bridgehead atoms. The Morgan fingerprint density at radius 2 is 2.04 bits per heavy atom. The quantitative estimate of drug-likeness (QED) is 0.832. The Morgan fingerprint density at radius 1 is 1.29 bits per heavy atom. The molecule has 2 aromatic carbocycles. The summed E-state index contributed by atoms with van der Waals surface area (Å²) in [4.78, 5) is 14.6. The molecule has 4 nitrogen and oxygen atoms in total. The van der Waals surface area contributed by atoms with Gasteiger partial charge in [0, 0.05) is 22.9 Å². The number of amides is 1. The maximum Gasteiger partial charge on any atom is 0.267 e. The van der Waals surface area contributed by atoms with Crippen LogP contribution >= 0.6 is 24.0 Å². The van der Waals surface area contributed by atoms with Gasteiger partial charge in [0.25, 0.3) is 5.91 Å². The molecule has 0 aromatic heterocycles. The van der Waals surface area contributed by atoms with Gasteiger partial charge in [-0.1, -0.05) is 23.7 Å². The van der Waals surface area contributed by atoms with Gasteiger partial charge in [-0.2, -0.15) is 0 Å². The Hall–Kier alpha value is -1.91. The van der Waals surface area contributed by atoms with Gasteiger partial charge in [-0.15, -0.1) is 12.4 Å². The van der Waals surface area contributed by atoms with Crippen molar-refractivity contribution in [3.63, 3.8) is 0 Å². The average Bonchev–Trinajstić information content (AvgIpc) is 2.54. The molecule has 0 radical (unpaired) electrons. The first-order valence-electron chi connectivity index (χ1n) is 7.67. The SMILES string of the molecule is CC(Oc1cccc(Cl)c1)C(=O)N1CCCc2c(N)cccc21.Cl. The lowest BCUT2D eigenvalue weighted by Crippen LogP contribution is -2.43. The number of halogens is 2. The van der Waals surface area contributed by atoms with Crippen LogP contribution < -0.4 is 15.4 Å². The minimum Gasteiger partial charge on any atom is -0.481 e. The van der Waals surface area contributed by atoms with Crippen molar-refractivity contribution in [2.24, 2.45) is 0 Å². The zero-order chi connectivity index (χ0) is 16.4. The number of nitrogen functional groups attached to an aromatic ring is 1. The fraction of sp³-hybridized carbons (Fsp3) is 0.278. The van der Waals surface area contributed by atoms with Crippen molar-refractivity contribution in [3.05, 3.63) is 53.1 Å². The highest BCUT2D eigenvalue weighted by atomic mass is 35.5. The fourth-order valence-electron chi connectivity index (χ4n) is 2.89. The van der Waals surface area contributed by atoms with E-state index in [1.54, 1.807) is 36.1 Å². The molecule has 1 aliphatic heterocycles. The molecule has 24 heavy (non-hydrogen) atoms. The molecule has 2 N–H and O–H groups in total. The Labute approximate surface area is 153 Å².